The van der Waals surface area contributed by atoms with Crippen molar-refractivity contribution in [1.82, 2.24) is 0 Å². The van der Waals surface area contributed by atoms with Crippen molar-refractivity contribution in [3.05, 3.63) is 93.6 Å². The van der Waals surface area contributed by atoms with Crippen LogP contribution in [-0.2, 0) is 23.2 Å². The Hall–Kier alpha value is -0.877. The van der Waals surface area contributed by atoms with Gasteiger partial charge in [0, 0.05) is 0 Å². The number of benzene rings is 2. The summed E-state index contributed by atoms with van der Waals surface area (Å²) in [4.78, 5) is 0. The maximum atomic E-state index is 2.52. The molecule has 0 N–H and O–H groups in total. The molecule has 0 fully saturated rings. The Morgan fingerprint density at radius 1 is 0.750 bits per heavy atom. The van der Waals surface area contributed by atoms with Crippen molar-refractivity contribution in [2.45, 2.75) is 41.4 Å². The van der Waals surface area contributed by atoms with Crippen LogP contribution in [0.5, 0.6) is 0 Å². The molecular weight excluding hydrogens is 462 g/mol. The van der Waals surface area contributed by atoms with E-state index in [0.29, 0.717) is 6.75 Å². The first-order valence-electron chi connectivity index (χ1n) is 9.43. The van der Waals surface area contributed by atoms with Crippen molar-refractivity contribution < 1.29 is 48.0 Å². The SMILES string of the molecule is CC1=C(C)[C](C)([Zr+2][CH]2C(c3ccccc3)=Cc3ccccc32)C(C)=C1C.[Cl-].[Cl-]. The summed E-state index contributed by atoms with van der Waals surface area (Å²) in [5.74, 6) is 0. The summed E-state index contributed by atoms with van der Waals surface area (Å²) in [6.45, 7) is 11.9. The molecule has 0 saturated heterocycles. The van der Waals surface area contributed by atoms with Gasteiger partial charge in [0.25, 0.3) is 0 Å². The van der Waals surface area contributed by atoms with E-state index in [2.05, 4.69) is 95.3 Å². The number of rotatable bonds is 3. The van der Waals surface area contributed by atoms with Crippen LogP contribution in [0.15, 0.2) is 76.9 Å². The third kappa shape index (κ3) is 3.67. The second-order valence-electron chi connectivity index (χ2n) is 7.80. The van der Waals surface area contributed by atoms with Crippen LogP contribution >= 0.6 is 0 Å². The van der Waals surface area contributed by atoms with Crippen LogP contribution in [0.1, 0.15) is 54.9 Å². The average molecular weight is 489 g/mol. The molecular formula is C25H26Cl2Zr. The summed E-state index contributed by atoms with van der Waals surface area (Å²) in [5, 5.41) is 0. The van der Waals surface area contributed by atoms with Crippen LogP contribution in [0.25, 0.3) is 11.6 Å². The number of hydrogen-bond donors (Lipinski definition) is 0. The summed E-state index contributed by atoms with van der Waals surface area (Å²) >= 11 is -0.836. The second kappa shape index (κ2) is 8.87. The normalized spacial score (nSPS) is 19.5. The molecule has 144 valence electrons. The molecule has 1 unspecified atom stereocenters. The molecule has 2 aliphatic rings. The van der Waals surface area contributed by atoms with Gasteiger partial charge in [-0.1, -0.05) is 0 Å². The zero-order chi connectivity index (χ0) is 18.5. The van der Waals surface area contributed by atoms with Crippen molar-refractivity contribution in [2.75, 3.05) is 0 Å². The Labute approximate surface area is 193 Å². The van der Waals surface area contributed by atoms with Crippen molar-refractivity contribution in [3.8, 4) is 0 Å². The fourth-order valence-electron chi connectivity index (χ4n) is 4.46. The maximum absolute atomic E-state index is 2.52. The van der Waals surface area contributed by atoms with E-state index in [1.165, 1.54) is 22.3 Å². The van der Waals surface area contributed by atoms with Gasteiger partial charge in [0.05, 0.1) is 0 Å². The number of fused-ring (bicyclic) bond motifs is 1. The quantitative estimate of drug-likeness (QED) is 0.610. The third-order valence-electron chi connectivity index (χ3n) is 6.66. The van der Waals surface area contributed by atoms with E-state index in [0.717, 1.165) is 0 Å². The standard InChI is InChI=1S/C15H11.C10H15.2ClH.Zr/c1-2-6-12(7-3-1)15-10-13-8-4-5-9-14(13)11-15;1-6-7(2)9(4)10(5)8(6)3;;;/h1-11H;1-5H3;2*1H;/q;;;;+2/p-2. The van der Waals surface area contributed by atoms with Crippen molar-refractivity contribution >= 4 is 11.6 Å². The van der Waals surface area contributed by atoms with Gasteiger partial charge in [-0.2, -0.15) is 0 Å². The number of halogens is 2. The van der Waals surface area contributed by atoms with Crippen LogP contribution in [0, 0.1) is 0 Å². The Kier molecular flexibility index (Phi) is 7.41. The molecule has 0 heterocycles. The summed E-state index contributed by atoms with van der Waals surface area (Å²) < 4.78 is 0.929. The molecule has 0 spiro atoms. The molecule has 0 saturated carbocycles. The zero-order valence-corrected chi connectivity index (χ0v) is 21.1. The topological polar surface area (TPSA) is 0 Å². The molecule has 2 aromatic carbocycles. The summed E-state index contributed by atoms with van der Waals surface area (Å²) in [6, 6.07) is 20.1. The molecule has 0 aromatic heterocycles. The van der Waals surface area contributed by atoms with Gasteiger partial charge in [0.15, 0.2) is 0 Å². The first kappa shape index (κ1) is 23.4. The Bertz CT molecular complexity index is 943. The molecule has 4 rings (SSSR count). The van der Waals surface area contributed by atoms with E-state index >= 15 is 0 Å². The van der Waals surface area contributed by atoms with Crippen LogP contribution in [0.4, 0.5) is 0 Å². The van der Waals surface area contributed by atoms with E-state index in [1.54, 1.807) is 22.3 Å². The predicted molar refractivity (Wildman–Crippen MR) is 109 cm³/mol. The second-order valence-corrected chi connectivity index (χ2v) is 12.4. The fourth-order valence-corrected chi connectivity index (χ4v) is 9.89. The first-order valence-corrected chi connectivity index (χ1v) is 12.1. The molecule has 0 bridgehead atoms. The van der Waals surface area contributed by atoms with Gasteiger partial charge in [-0.3, -0.25) is 0 Å². The molecule has 1 atom stereocenters. The first-order chi connectivity index (χ1) is 12.4. The minimum absolute atomic E-state index is 0. The van der Waals surface area contributed by atoms with E-state index in [1.807, 2.05) is 0 Å². The minimum atomic E-state index is -0.836. The van der Waals surface area contributed by atoms with Gasteiger partial charge in [0.2, 0.25) is 0 Å². The molecule has 2 aromatic rings. The molecule has 0 aliphatic heterocycles. The van der Waals surface area contributed by atoms with Crippen LogP contribution < -0.4 is 24.8 Å². The van der Waals surface area contributed by atoms with Gasteiger partial charge in [-0.25, -0.2) is 0 Å². The van der Waals surface area contributed by atoms with E-state index < -0.39 is 23.2 Å². The van der Waals surface area contributed by atoms with Crippen molar-refractivity contribution in [1.29, 1.82) is 0 Å². The Morgan fingerprint density at radius 2 is 1.29 bits per heavy atom. The van der Waals surface area contributed by atoms with Crippen LogP contribution in [0.3, 0.4) is 0 Å². The molecule has 0 radical (unpaired) electrons. The summed E-state index contributed by atoms with van der Waals surface area (Å²) in [7, 11) is 0. The fraction of sp³-hybridized carbons (Fsp3) is 0.280. The van der Waals surface area contributed by atoms with Gasteiger partial charge in [0.1, 0.15) is 0 Å². The van der Waals surface area contributed by atoms with Gasteiger partial charge in [-0.15, -0.1) is 0 Å². The monoisotopic (exact) mass is 486 g/mol. The Balaban J connectivity index is 0.00000140. The van der Waals surface area contributed by atoms with Crippen LogP contribution in [0.2, 0.25) is 3.12 Å². The van der Waals surface area contributed by atoms with Crippen molar-refractivity contribution in [2.24, 2.45) is 0 Å². The number of hydrogen-bond acceptors (Lipinski definition) is 0. The molecule has 3 heteroatoms. The summed E-state index contributed by atoms with van der Waals surface area (Å²) in [5.41, 5.74) is 12.2. The maximum Gasteiger partial charge on any atom is -1.00 e. The minimum Gasteiger partial charge on any atom is -1.00 e. The largest absolute Gasteiger partial charge is 1.00 e. The predicted octanol–water partition coefficient (Wildman–Crippen LogP) is 1.24. The van der Waals surface area contributed by atoms with Gasteiger partial charge in [-0.05, 0) is 0 Å². The molecule has 0 nitrogen and oxygen atoms in total. The summed E-state index contributed by atoms with van der Waals surface area (Å²) in [6.07, 6.45) is 2.45. The average Bonchev–Trinajstić information content (AvgIpc) is 3.10. The van der Waals surface area contributed by atoms with Gasteiger partial charge >= 0.3 is 170 Å². The van der Waals surface area contributed by atoms with E-state index in [4.69, 9.17) is 0 Å². The van der Waals surface area contributed by atoms with Crippen molar-refractivity contribution in [3.63, 3.8) is 0 Å². The zero-order valence-electron chi connectivity index (χ0n) is 17.1. The van der Waals surface area contributed by atoms with E-state index in [-0.39, 0.29) is 24.8 Å². The molecule has 0 amide bonds. The third-order valence-corrected chi connectivity index (χ3v) is 12.2. The van der Waals surface area contributed by atoms with E-state index in [9.17, 15) is 0 Å². The Morgan fingerprint density at radius 3 is 1.89 bits per heavy atom. The van der Waals surface area contributed by atoms with Gasteiger partial charge < -0.3 is 24.8 Å². The smallest absolute Gasteiger partial charge is 1.00 e. The molecule has 28 heavy (non-hydrogen) atoms. The molecule has 2 aliphatic carbocycles. The van der Waals surface area contributed by atoms with Crippen LogP contribution in [-0.4, -0.2) is 0 Å². The number of allylic oxidation sites excluding steroid dienone is 5.